The van der Waals surface area contributed by atoms with Crippen molar-refractivity contribution in [2.45, 2.75) is 6.42 Å². The molecular weight excluding hydrogens is 340 g/mol. The molecule has 3 aromatic carbocycles. The van der Waals surface area contributed by atoms with Crippen LogP contribution in [0.5, 0.6) is 17.2 Å². The van der Waals surface area contributed by atoms with Gasteiger partial charge in [0.1, 0.15) is 17.2 Å². The van der Waals surface area contributed by atoms with Gasteiger partial charge >= 0.3 is 0 Å². The smallest absolute Gasteiger partial charge is 0.244 e. The first-order chi connectivity index (χ1) is 13.2. The molecule has 136 valence electrons. The van der Waals surface area contributed by atoms with Gasteiger partial charge in [0.2, 0.25) is 5.91 Å². The van der Waals surface area contributed by atoms with Gasteiger partial charge in [-0.15, -0.1) is 0 Å². The number of nitrogens with one attached hydrogen (secondary N) is 1. The molecule has 0 bridgehead atoms. The van der Waals surface area contributed by atoms with Crippen molar-refractivity contribution in [3.8, 4) is 17.2 Å². The van der Waals surface area contributed by atoms with Crippen molar-refractivity contribution in [3.05, 3.63) is 90.0 Å². The predicted octanol–water partition coefficient (Wildman–Crippen LogP) is 4.18. The lowest BCUT2D eigenvalue weighted by Gasteiger charge is -2.06. The number of carbonyl (C=O) groups is 1. The van der Waals surface area contributed by atoms with Gasteiger partial charge in [-0.25, -0.2) is 5.43 Å². The molecule has 0 saturated carbocycles. The number of hydrogen-bond acceptors (Lipinski definition) is 4. The number of ether oxygens (including phenoxy) is 2. The standard InChI is InChI=1S/C22H20N2O3/c1-26-19-12-10-17(11-13-19)15-22(25)24-23-16-18-6-5-9-21(14-18)27-20-7-3-2-4-8-20/h2-14,16H,15H2,1H3,(H,24,25)/b23-16+. The zero-order valence-electron chi connectivity index (χ0n) is 15.0. The number of amides is 1. The molecule has 5 heteroatoms. The zero-order chi connectivity index (χ0) is 18.9. The number of benzene rings is 3. The molecule has 0 fully saturated rings. The SMILES string of the molecule is COc1ccc(CC(=O)N/N=C/c2cccc(Oc3ccccc3)c2)cc1. The molecule has 0 aliphatic heterocycles. The maximum atomic E-state index is 12.0. The van der Waals surface area contributed by atoms with Crippen LogP contribution in [-0.2, 0) is 11.2 Å². The molecule has 0 saturated heterocycles. The molecule has 5 nitrogen and oxygen atoms in total. The van der Waals surface area contributed by atoms with Crippen molar-refractivity contribution in [1.29, 1.82) is 0 Å². The van der Waals surface area contributed by atoms with Crippen LogP contribution >= 0.6 is 0 Å². The molecule has 0 atom stereocenters. The summed E-state index contributed by atoms with van der Waals surface area (Å²) in [6.07, 6.45) is 1.84. The highest BCUT2D eigenvalue weighted by Gasteiger charge is 2.02. The molecule has 27 heavy (non-hydrogen) atoms. The highest BCUT2D eigenvalue weighted by atomic mass is 16.5. The monoisotopic (exact) mass is 360 g/mol. The molecule has 3 rings (SSSR count). The lowest BCUT2D eigenvalue weighted by Crippen LogP contribution is -2.19. The van der Waals surface area contributed by atoms with Gasteiger partial charge in [0.15, 0.2) is 0 Å². The van der Waals surface area contributed by atoms with E-state index in [9.17, 15) is 4.79 Å². The summed E-state index contributed by atoms with van der Waals surface area (Å²) in [4.78, 5) is 12.0. The Hall–Kier alpha value is -3.60. The van der Waals surface area contributed by atoms with Crippen LogP contribution in [0.4, 0.5) is 0 Å². The minimum atomic E-state index is -0.187. The molecule has 0 unspecified atom stereocenters. The Morgan fingerprint density at radius 3 is 2.41 bits per heavy atom. The van der Waals surface area contributed by atoms with E-state index in [0.717, 1.165) is 22.6 Å². The van der Waals surface area contributed by atoms with Crippen LogP contribution in [-0.4, -0.2) is 19.2 Å². The molecule has 3 aromatic rings. The summed E-state index contributed by atoms with van der Waals surface area (Å²) in [5, 5.41) is 4.01. The number of para-hydroxylation sites is 1. The molecule has 0 spiro atoms. The molecule has 0 aliphatic rings. The van der Waals surface area contributed by atoms with E-state index in [1.54, 1.807) is 13.3 Å². The number of methoxy groups -OCH3 is 1. The van der Waals surface area contributed by atoms with Gasteiger partial charge in [0.05, 0.1) is 19.7 Å². The highest BCUT2D eigenvalue weighted by Crippen LogP contribution is 2.21. The Labute approximate surface area is 158 Å². The second-order valence-electron chi connectivity index (χ2n) is 5.81. The first-order valence-electron chi connectivity index (χ1n) is 8.51. The van der Waals surface area contributed by atoms with Crippen LogP contribution in [0.1, 0.15) is 11.1 Å². The Morgan fingerprint density at radius 2 is 1.67 bits per heavy atom. The van der Waals surface area contributed by atoms with Gasteiger partial charge in [-0.2, -0.15) is 5.10 Å². The maximum Gasteiger partial charge on any atom is 0.244 e. The molecular formula is C22H20N2O3. The summed E-state index contributed by atoms with van der Waals surface area (Å²) in [5.41, 5.74) is 4.25. The van der Waals surface area contributed by atoms with Gasteiger partial charge in [0.25, 0.3) is 0 Å². The van der Waals surface area contributed by atoms with E-state index in [0.29, 0.717) is 5.75 Å². The van der Waals surface area contributed by atoms with Crippen LogP contribution in [0, 0.1) is 0 Å². The fraction of sp³-hybridized carbons (Fsp3) is 0.0909. The van der Waals surface area contributed by atoms with E-state index in [1.807, 2.05) is 78.9 Å². The Kier molecular flexibility index (Phi) is 6.20. The summed E-state index contributed by atoms with van der Waals surface area (Å²) < 4.78 is 10.9. The van der Waals surface area contributed by atoms with E-state index in [2.05, 4.69) is 10.5 Å². The minimum Gasteiger partial charge on any atom is -0.497 e. The van der Waals surface area contributed by atoms with Crippen LogP contribution < -0.4 is 14.9 Å². The lowest BCUT2D eigenvalue weighted by atomic mass is 10.1. The first kappa shape index (κ1) is 18.2. The third kappa shape index (κ3) is 5.71. The van der Waals surface area contributed by atoms with Gasteiger partial charge in [-0.3, -0.25) is 4.79 Å². The first-order valence-corrected chi connectivity index (χ1v) is 8.51. The van der Waals surface area contributed by atoms with Crippen molar-refractivity contribution in [2.24, 2.45) is 5.10 Å². The van der Waals surface area contributed by atoms with Crippen molar-refractivity contribution < 1.29 is 14.3 Å². The third-order valence-corrected chi connectivity index (χ3v) is 3.76. The van der Waals surface area contributed by atoms with Gasteiger partial charge in [-0.05, 0) is 47.5 Å². The Balaban J connectivity index is 1.54. The highest BCUT2D eigenvalue weighted by molar-refractivity contribution is 5.83. The Bertz CT molecular complexity index is 906. The predicted molar refractivity (Wildman–Crippen MR) is 105 cm³/mol. The van der Waals surface area contributed by atoms with Crippen LogP contribution in [0.25, 0.3) is 0 Å². The fourth-order valence-electron chi connectivity index (χ4n) is 2.43. The van der Waals surface area contributed by atoms with E-state index in [-0.39, 0.29) is 12.3 Å². The van der Waals surface area contributed by atoms with Crippen LogP contribution in [0.2, 0.25) is 0 Å². The number of nitrogens with zero attached hydrogens (tertiary/aromatic N) is 1. The van der Waals surface area contributed by atoms with Gasteiger partial charge in [0, 0.05) is 0 Å². The normalized spacial score (nSPS) is 10.6. The van der Waals surface area contributed by atoms with Crippen LogP contribution in [0.15, 0.2) is 84.0 Å². The van der Waals surface area contributed by atoms with Crippen molar-refractivity contribution >= 4 is 12.1 Å². The van der Waals surface area contributed by atoms with Crippen molar-refractivity contribution in [1.82, 2.24) is 5.43 Å². The molecule has 0 aliphatic carbocycles. The number of hydrogen-bond donors (Lipinski definition) is 1. The summed E-state index contributed by atoms with van der Waals surface area (Å²) in [5.74, 6) is 2.04. The topological polar surface area (TPSA) is 59.9 Å². The average Bonchev–Trinajstić information content (AvgIpc) is 2.70. The molecule has 1 N–H and O–H groups in total. The summed E-state index contributed by atoms with van der Waals surface area (Å²) in [7, 11) is 1.61. The summed E-state index contributed by atoms with van der Waals surface area (Å²) in [6, 6.07) is 24.4. The van der Waals surface area contributed by atoms with Gasteiger partial charge < -0.3 is 9.47 Å². The largest absolute Gasteiger partial charge is 0.497 e. The van der Waals surface area contributed by atoms with Crippen molar-refractivity contribution in [2.75, 3.05) is 7.11 Å². The third-order valence-electron chi connectivity index (χ3n) is 3.76. The summed E-state index contributed by atoms with van der Waals surface area (Å²) >= 11 is 0. The molecule has 0 heterocycles. The second-order valence-corrected chi connectivity index (χ2v) is 5.81. The molecule has 0 radical (unpaired) electrons. The van der Waals surface area contributed by atoms with E-state index in [1.165, 1.54) is 0 Å². The fourth-order valence-corrected chi connectivity index (χ4v) is 2.43. The quantitative estimate of drug-likeness (QED) is 0.508. The minimum absolute atomic E-state index is 0.187. The van der Waals surface area contributed by atoms with E-state index >= 15 is 0 Å². The molecule has 1 amide bonds. The van der Waals surface area contributed by atoms with Gasteiger partial charge in [-0.1, -0.05) is 42.5 Å². The number of carbonyl (C=O) groups excluding carboxylic acids is 1. The second kappa shape index (κ2) is 9.20. The molecule has 0 aromatic heterocycles. The van der Waals surface area contributed by atoms with Crippen LogP contribution in [0.3, 0.4) is 0 Å². The lowest BCUT2D eigenvalue weighted by molar-refractivity contribution is -0.120. The van der Waals surface area contributed by atoms with E-state index in [4.69, 9.17) is 9.47 Å². The zero-order valence-corrected chi connectivity index (χ0v) is 15.0. The van der Waals surface area contributed by atoms with Crippen molar-refractivity contribution in [3.63, 3.8) is 0 Å². The summed E-state index contributed by atoms with van der Waals surface area (Å²) in [6.45, 7) is 0. The number of rotatable bonds is 7. The maximum absolute atomic E-state index is 12.0. The number of hydrazone groups is 1. The Morgan fingerprint density at radius 1 is 0.926 bits per heavy atom. The van der Waals surface area contributed by atoms with E-state index < -0.39 is 0 Å². The average molecular weight is 360 g/mol.